The molecule has 0 amide bonds. The van der Waals surface area contributed by atoms with Gasteiger partial charge in [-0.2, -0.15) is 4.31 Å². The Hall–Kier alpha value is -1.33. The number of sulfone groups is 1. The van der Waals surface area contributed by atoms with Crippen LogP contribution in [0.1, 0.15) is 20.3 Å². The van der Waals surface area contributed by atoms with E-state index in [2.05, 4.69) is 4.74 Å². The maximum Gasteiger partial charge on any atom is 0.573 e. The zero-order valence-electron chi connectivity index (χ0n) is 14.2. The van der Waals surface area contributed by atoms with Crippen LogP contribution in [0.3, 0.4) is 0 Å². The van der Waals surface area contributed by atoms with Crippen LogP contribution in [0.25, 0.3) is 0 Å². The molecule has 0 unspecified atom stereocenters. The zero-order valence-corrected chi connectivity index (χ0v) is 15.9. The highest BCUT2D eigenvalue weighted by Gasteiger charge is 2.39. The smallest absolute Gasteiger partial charge is 0.406 e. The Morgan fingerprint density at radius 1 is 1.23 bits per heavy atom. The average Bonchev–Trinajstić information content (AvgIpc) is 2.83. The second kappa shape index (κ2) is 7.35. The minimum Gasteiger partial charge on any atom is -0.406 e. The summed E-state index contributed by atoms with van der Waals surface area (Å²) >= 11 is 0. The number of alkyl halides is 3. The molecule has 1 aliphatic rings. The zero-order chi connectivity index (χ0) is 19.8. The molecule has 1 saturated heterocycles. The van der Waals surface area contributed by atoms with Gasteiger partial charge in [0.05, 0.1) is 16.4 Å². The van der Waals surface area contributed by atoms with Crippen LogP contribution < -0.4 is 4.74 Å². The van der Waals surface area contributed by atoms with Gasteiger partial charge >= 0.3 is 6.36 Å². The van der Waals surface area contributed by atoms with E-state index in [1.807, 2.05) is 0 Å². The van der Waals surface area contributed by atoms with E-state index in [-0.39, 0.29) is 35.3 Å². The number of ether oxygens (including phenoxy) is 1. The molecule has 1 aliphatic heterocycles. The quantitative estimate of drug-likeness (QED) is 0.713. The first-order valence-corrected chi connectivity index (χ1v) is 11.1. The molecule has 0 aromatic heterocycles. The Morgan fingerprint density at radius 3 is 2.23 bits per heavy atom. The van der Waals surface area contributed by atoms with Crippen molar-refractivity contribution in [3.8, 4) is 5.75 Å². The molecule has 0 bridgehead atoms. The van der Waals surface area contributed by atoms with Crippen LogP contribution in [0, 0.1) is 5.92 Å². The van der Waals surface area contributed by atoms with Crippen molar-refractivity contribution in [1.29, 1.82) is 0 Å². The predicted octanol–water partition coefficient (Wildman–Crippen LogP) is 2.42. The molecule has 148 valence electrons. The lowest BCUT2D eigenvalue weighted by molar-refractivity contribution is -0.274. The Labute approximate surface area is 150 Å². The molecule has 26 heavy (non-hydrogen) atoms. The van der Waals surface area contributed by atoms with Crippen LogP contribution in [0.4, 0.5) is 13.2 Å². The molecule has 11 heteroatoms. The van der Waals surface area contributed by atoms with Gasteiger partial charge in [0.2, 0.25) is 10.0 Å². The van der Waals surface area contributed by atoms with E-state index in [1.165, 1.54) is 0 Å². The van der Waals surface area contributed by atoms with E-state index in [4.69, 9.17) is 0 Å². The van der Waals surface area contributed by atoms with Gasteiger partial charge in [-0.05, 0) is 36.6 Å². The highest BCUT2D eigenvalue weighted by Crippen LogP contribution is 2.28. The van der Waals surface area contributed by atoms with Gasteiger partial charge in [-0.25, -0.2) is 16.8 Å². The van der Waals surface area contributed by atoms with Gasteiger partial charge in [0, 0.05) is 12.6 Å². The molecule has 6 nitrogen and oxygen atoms in total. The molecule has 0 saturated carbocycles. The molecule has 0 radical (unpaired) electrons. The lowest BCUT2D eigenvalue weighted by Crippen LogP contribution is -2.43. The summed E-state index contributed by atoms with van der Waals surface area (Å²) < 4.78 is 90.8. The molecule has 1 atom stereocenters. The molecule has 0 spiro atoms. The molecule has 2 rings (SSSR count). The van der Waals surface area contributed by atoms with Crippen molar-refractivity contribution in [3.05, 3.63) is 24.3 Å². The Bertz CT molecular complexity index is 833. The molecule has 0 N–H and O–H groups in total. The van der Waals surface area contributed by atoms with E-state index in [9.17, 15) is 30.0 Å². The fraction of sp³-hybridized carbons (Fsp3) is 0.600. The number of benzene rings is 1. The lowest BCUT2D eigenvalue weighted by Gasteiger charge is -2.29. The number of nitrogens with zero attached hydrogens (tertiary/aromatic N) is 1. The van der Waals surface area contributed by atoms with Crippen molar-refractivity contribution in [1.82, 2.24) is 4.31 Å². The standard InChI is InChI=1S/C15H20F3NO5S2/c1-11(2)9-19(12-7-8-25(20,21)10-12)26(22,23)14-5-3-13(4-6-14)24-15(16,17)18/h3-6,11-12H,7-10H2,1-2H3/t12-/m0/s1. The van der Waals surface area contributed by atoms with Crippen molar-refractivity contribution >= 4 is 19.9 Å². The average molecular weight is 415 g/mol. The van der Waals surface area contributed by atoms with Crippen LogP contribution in [0.2, 0.25) is 0 Å². The van der Waals surface area contributed by atoms with E-state index >= 15 is 0 Å². The number of halogens is 3. The number of rotatable bonds is 6. The lowest BCUT2D eigenvalue weighted by atomic mass is 10.2. The maximum absolute atomic E-state index is 12.9. The minimum absolute atomic E-state index is 0.0547. The third-order valence-electron chi connectivity index (χ3n) is 3.82. The Kier molecular flexibility index (Phi) is 5.93. The Morgan fingerprint density at radius 2 is 1.81 bits per heavy atom. The second-order valence-electron chi connectivity index (χ2n) is 6.54. The highest BCUT2D eigenvalue weighted by atomic mass is 32.2. The van der Waals surface area contributed by atoms with Crippen molar-refractivity contribution in [2.24, 2.45) is 5.92 Å². The minimum atomic E-state index is -4.87. The van der Waals surface area contributed by atoms with Gasteiger partial charge < -0.3 is 4.74 Å². The summed E-state index contributed by atoms with van der Waals surface area (Å²) in [6.45, 7) is 3.71. The molecule has 1 heterocycles. The van der Waals surface area contributed by atoms with Gasteiger partial charge in [0.1, 0.15) is 5.75 Å². The number of hydrogen-bond acceptors (Lipinski definition) is 5. The van der Waals surface area contributed by atoms with Gasteiger partial charge in [-0.15, -0.1) is 13.2 Å². The van der Waals surface area contributed by atoms with E-state index < -0.39 is 38.0 Å². The summed E-state index contributed by atoms with van der Waals surface area (Å²) in [4.78, 5) is -0.211. The van der Waals surface area contributed by atoms with Crippen LogP contribution in [-0.2, 0) is 19.9 Å². The third kappa shape index (κ3) is 5.34. The van der Waals surface area contributed by atoms with Crippen LogP contribution in [0.15, 0.2) is 29.2 Å². The topological polar surface area (TPSA) is 80.8 Å². The first-order valence-electron chi connectivity index (χ1n) is 7.88. The second-order valence-corrected chi connectivity index (χ2v) is 10.7. The number of sulfonamides is 1. The van der Waals surface area contributed by atoms with E-state index in [0.29, 0.717) is 0 Å². The Balaban J connectivity index is 2.31. The van der Waals surface area contributed by atoms with Crippen LogP contribution in [0.5, 0.6) is 5.75 Å². The SMILES string of the molecule is CC(C)CN([C@H]1CCS(=O)(=O)C1)S(=O)(=O)c1ccc(OC(F)(F)F)cc1. The van der Waals surface area contributed by atoms with Crippen molar-refractivity contribution < 1.29 is 34.7 Å². The van der Waals surface area contributed by atoms with Crippen molar-refractivity contribution in [2.75, 3.05) is 18.1 Å². The molecule has 1 aromatic carbocycles. The largest absolute Gasteiger partial charge is 0.573 e. The first-order chi connectivity index (χ1) is 11.8. The summed E-state index contributed by atoms with van der Waals surface area (Å²) in [6.07, 6.45) is -4.67. The van der Waals surface area contributed by atoms with Crippen LogP contribution >= 0.6 is 0 Å². The monoisotopic (exact) mass is 415 g/mol. The highest BCUT2D eigenvalue weighted by molar-refractivity contribution is 7.92. The maximum atomic E-state index is 12.9. The summed E-state index contributed by atoms with van der Waals surface area (Å²) in [5.74, 6) is -0.926. The van der Waals surface area contributed by atoms with Gasteiger partial charge in [-0.3, -0.25) is 0 Å². The summed E-state index contributed by atoms with van der Waals surface area (Å²) in [5.41, 5.74) is 0. The normalized spacial score (nSPS) is 20.7. The van der Waals surface area contributed by atoms with Gasteiger partial charge in [0.15, 0.2) is 9.84 Å². The summed E-state index contributed by atoms with van der Waals surface area (Å²) in [6, 6.07) is 3.19. The van der Waals surface area contributed by atoms with Crippen molar-refractivity contribution in [3.63, 3.8) is 0 Å². The molecular weight excluding hydrogens is 395 g/mol. The predicted molar refractivity (Wildman–Crippen MR) is 88.9 cm³/mol. The summed E-state index contributed by atoms with van der Waals surface area (Å²) in [5, 5.41) is 0. The number of hydrogen-bond donors (Lipinski definition) is 0. The fourth-order valence-corrected chi connectivity index (χ4v) is 6.40. The third-order valence-corrected chi connectivity index (χ3v) is 7.51. The van der Waals surface area contributed by atoms with Gasteiger partial charge in [0.25, 0.3) is 0 Å². The van der Waals surface area contributed by atoms with Crippen LogP contribution in [-0.4, -0.2) is 51.6 Å². The molecule has 0 aliphatic carbocycles. The first kappa shape index (κ1) is 21.0. The van der Waals surface area contributed by atoms with E-state index in [1.54, 1.807) is 13.8 Å². The van der Waals surface area contributed by atoms with Crippen molar-refractivity contribution in [2.45, 2.75) is 37.6 Å². The summed E-state index contributed by atoms with van der Waals surface area (Å²) in [7, 11) is -7.36. The van der Waals surface area contributed by atoms with Gasteiger partial charge in [-0.1, -0.05) is 13.8 Å². The fourth-order valence-electron chi connectivity index (χ4n) is 2.75. The molecular formula is C15H20F3NO5S2. The van der Waals surface area contributed by atoms with E-state index in [0.717, 1.165) is 28.6 Å². The molecule has 1 aromatic rings. The molecule has 1 fully saturated rings.